The topological polar surface area (TPSA) is 88.1 Å². The fraction of sp³-hybridized carbons (Fsp3) is 0.353. The van der Waals surface area contributed by atoms with Crippen molar-refractivity contribution in [2.45, 2.75) is 36.5 Å². The summed E-state index contributed by atoms with van der Waals surface area (Å²) in [5.41, 5.74) is 7.16. The normalized spacial score (nSPS) is 11.5. The van der Waals surface area contributed by atoms with Crippen LogP contribution in [0.4, 0.5) is 5.82 Å². The first-order valence-corrected chi connectivity index (χ1v) is 9.77. The second-order valence-corrected chi connectivity index (χ2v) is 7.74. The van der Waals surface area contributed by atoms with Gasteiger partial charge < -0.3 is 19.8 Å². The van der Waals surface area contributed by atoms with Crippen LogP contribution in [0, 0.1) is 0 Å². The molecule has 0 saturated heterocycles. The van der Waals surface area contributed by atoms with E-state index < -0.39 is 0 Å². The van der Waals surface area contributed by atoms with Gasteiger partial charge in [0, 0.05) is 4.90 Å². The van der Waals surface area contributed by atoms with Gasteiger partial charge in [-0.1, -0.05) is 23.2 Å². The molecule has 0 aliphatic rings. The smallest absolute Gasteiger partial charge is 0.175 e. The molecule has 0 spiro atoms. The molecule has 3 aromatic rings. The molecular formula is C17H19Cl2N5O2S. The van der Waals surface area contributed by atoms with E-state index >= 15 is 0 Å². The molecule has 10 heteroatoms. The van der Waals surface area contributed by atoms with Crippen LogP contribution in [0.5, 0.6) is 5.75 Å². The van der Waals surface area contributed by atoms with E-state index in [1.165, 1.54) is 18.1 Å². The number of fused-ring (bicyclic) bond motifs is 1. The maximum absolute atomic E-state index is 6.36. The minimum Gasteiger partial charge on any atom is -0.495 e. The molecule has 0 amide bonds. The Morgan fingerprint density at radius 1 is 1.22 bits per heavy atom. The standard InChI is InChI=1S/C17H19Cl2N5O2S/c1-9(2)26-5-4-24-16-14(15(20)21-8-22-16)23-17(24)27-13-7-12(25-3)10(18)6-11(13)19/h6-9H,4-5H2,1-3H3,(H2,20,21,22). The van der Waals surface area contributed by atoms with Crippen LogP contribution in [0.25, 0.3) is 11.2 Å². The lowest BCUT2D eigenvalue weighted by molar-refractivity contribution is 0.0720. The summed E-state index contributed by atoms with van der Waals surface area (Å²) in [6.07, 6.45) is 1.55. The lowest BCUT2D eigenvalue weighted by Gasteiger charge is -2.12. The molecule has 0 bridgehead atoms. The predicted molar refractivity (Wildman–Crippen MR) is 108 cm³/mol. The van der Waals surface area contributed by atoms with E-state index in [1.807, 2.05) is 18.4 Å². The molecule has 0 aliphatic heterocycles. The fourth-order valence-electron chi connectivity index (χ4n) is 2.44. The predicted octanol–water partition coefficient (Wildman–Crippen LogP) is 4.30. The lowest BCUT2D eigenvalue weighted by atomic mass is 10.3. The zero-order valence-electron chi connectivity index (χ0n) is 15.1. The van der Waals surface area contributed by atoms with Crippen LogP contribution in [-0.2, 0) is 11.3 Å². The van der Waals surface area contributed by atoms with Crippen molar-refractivity contribution < 1.29 is 9.47 Å². The number of anilines is 1. The van der Waals surface area contributed by atoms with Gasteiger partial charge in [0.25, 0.3) is 0 Å². The van der Waals surface area contributed by atoms with Crippen molar-refractivity contribution in [3.63, 3.8) is 0 Å². The molecule has 7 nitrogen and oxygen atoms in total. The minimum absolute atomic E-state index is 0.130. The summed E-state index contributed by atoms with van der Waals surface area (Å²) in [6, 6.07) is 3.42. The third kappa shape index (κ3) is 4.40. The second-order valence-electron chi connectivity index (χ2n) is 5.92. The van der Waals surface area contributed by atoms with Crippen LogP contribution in [0.15, 0.2) is 28.5 Å². The van der Waals surface area contributed by atoms with Crippen LogP contribution < -0.4 is 10.5 Å². The van der Waals surface area contributed by atoms with Gasteiger partial charge in [0.2, 0.25) is 0 Å². The Morgan fingerprint density at radius 3 is 2.70 bits per heavy atom. The minimum atomic E-state index is 0.130. The van der Waals surface area contributed by atoms with Crippen molar-refractivity contribution in [2.24, 2.45) is 0 Å². The number of halogens is 2. The molecule has 2 N–H and O–H groups in total. The van der Waals surface area contributed by atoms with Crippen molar-refractivity contribution >= 4 is 51.9 Å². The molecule has 144 valence electrons. The molecule has 0 atom stereocenters. The largest absolute Gasteiger partial charge is 0.495 e. The molecule has 27 heavy (non-hydrogen) atoms. The molecular weight excluding hydrogens is 409 g/mol. The Balaban J connectivity index is 2.01. The third-order valence-corrected chi connectivity index (χ3v) is 5.47. The van der Waals surface area contributed by atoms with Gasteiger partial charge >= 0.3 is 0 Å². The number of nitrogens with zero attached hydrogens (tertiary/aromatic N) is 4. The van der Waals surface area contributed by atoms with Crippen molar-refractivity contribution in [2.75, 3.05) is 19.5 Å². The zero-order valence-corrected chi connectivity index (χ0v) is 17.4. The lowest BCUT2D eigenvalue weighted by Crippen LogP contribution is -2.11. The first-order valence-electron chi connectivity index (χ1n) is 8.20. The van der Waals surface area contributed by atoms with Gasteiger partial charge in [0.15, 0.2) is 22.1 Å². The van der Waals surface area contributed by atoms with E-state index in [-0.39, 0.29) is 6.10 Å². The second kappa shape index (κ2) is 8.52. The van der Waals surface area contributed by atoms with E-state index in [9.17, 15) is 0 Å². The molecule has 3 rings (SSSR count). The Hall–Kier alpha value is -1.74. The quantitative estimate of drug-likeness (QED) is 0.600. The first-order chi connectivity index (χ1) is 12.9. The number of imidazole rings is 1. The number of nitrogens with two attached hydrogens (primary N) is 1. The summed E-state index contributed by atoms with van der Waals surface area (Å²) in [4.78, 5) is 13.7. The van der Waals surface area contributed by atoms with Crippen molar-refractivity contribution in [1.29, 1.82) is 0 Å². The molecule has 0 fully saturated rings. The molecule has 0 unspecified atom stereocenters. The maximum Gasteiger partial charge on any atom is 0.175 e. The third-order valence-electron chi connectivity index (χ3n) is 3.70. The van der Waals surface area contributed by atoms with Gasteiger partial charge in [-0.25, -0.2) is 15.0 Å². The maximum atomic E-state index is 6.36. The van der Waals surface area contributed by atoms with E-state index in [4.69, 9.17) is 38.4 Å². The van der Waals surface area contributed by atoms with Crippen LogP contribution in [0.1, 0.15) is 13.8 Å². The molecule has 1 aromatic carbocycles. The van der Waals surface area contributed by atoms with Crippen molar-refractivity contribution in [3.8, 4) is 5.75 Å². The molecule has 0 saturated carbocycles. The van der Waals surface area contributed by atoms with E-state index in [0.29, 0.717) is 51.1 Å². The van der Waals surface area contributed by atoms with Crippen LogP contribution >= 0.6 is 35.0 Å². The number of nitrogen functional groups attached to an aromatic ring is 1. The molecule has 0 radical (unpaired) electrons. The number of hydrogen-bond acceptors (Lipinski definition) is 7. The molecule has 2 aromatic heterocycles. The SMILES string of the molecule is COc1cc(Sc2nc3c(N)ncnc3n2CCOC(C)C)c(Cl)cc1Cl. The molecule has 0 aliphatic carbocycles. The average molecular weight is 428 g/mol. The highest BCUT2D eigenvalue weighted by Gasteiger charge is 2.18. The van der Waals surface area contributed by atoms with Crippen molar-refractivity contribution in [1.82, 2.24) is 19.5 Å². The highest BCUT2D eigenvalue weighted by atomic mass is 35.5. The summed E-state index contributed by atoms with van der Waals surface area (Å²) in [5.74, 6) is 0.860. The van der Waals surface area contributed by atoms with Crippen LogP contribution in [0.2, 0.25) is 10.0 Å². The van der Waals surface area contributed by atoms with E-state index in [0.717, 1.165) is 4.90 Å². The van der Waals surface area contributed by atoms with E-state index in [1.54, 1.807) is 19.2 Å². The number of hydrogen-bond donors (Lipinski definition) is 1. The number of benzene rings is 1. The molecule has 2 heterocycles. The summed E-state index contributed by atoms with van der Waals surface area (Å²) in [5, 5.41) is 1.62. The summed E-state index contributed by atoms with van der Waals surface area (Å²) in [7, 11) is 1.55. The van der Waals surface area contributed by atoms with Crippen LogP contribution in [-0.4, -0.2) is 39.3 Å². The number of aromatic nitrogens is 4. The number of ether oxygens (including phenoxy) is 2. The van der Waals surface area contributed by atoms with Crippen LogP contribution in [0.3, 0.4) is 0 Å². The Labute approximate surface area is 171 Å². The van der Waals surface area contributed by atoms with Gasteiger partial charge in [-0.05, 0) is 37.7 Å². The van der Waals surface area contributed by atoms with Gasteiger partial charge in [0.1, 0.15) is 12.1 Å². The fourth-order valence-corrected chi connectivity index (χ4v) is 3.96. The van der Waals surface area contributed by atoms with Gasteiger partial charge in [-0.15, -0.1) is 0 Å². The number of rotatable bonds is 7. The zero-order chi connectivity index (χ0) is 19.6. The van der Waals surface area contributed by atoms with Gasteiger partial charge in [-0.3, -0.25) is 0 Å². The Bertz CT molecular complexity index is 964. The van der Waals surface area contributed by atoms with E-state index in [2.05, 4.69) is 15.0 Å². The summed E-state index contributed by atoms with van der Waals surface area (Å²) >= 11 is 13.9. The van der Waals surface area contributed by atoms with Crippen molar-refractivity contribution in [3.05, 3.63) is 28.5 Å². The highest BCUT2D eigenvalue weighted by Crippen LogP contribution is 2.40. The summed E-state index contributed by atoms with van der Waals surface area (Å²) < 4.78 is 12.9. The van der Waals surface area contributed by atoms with Gasteiger partial charge in [0.05, 0.1) is 36.4 Å². The Morgan fingerprint density at radius 2 is 2.00 bits per heavy atom. The average Bonchev–Trinajstić information content (AvgIpc) is 2.96. The monoisotopic (exact) mass is 427 g/mol. The summed E-state index contributed by atoms with van der Waals surface area (Å²) in [6.45, 7) is 5.05. The Kier molecular flexibility index (Phi) is 6.31. The highest BCUT2D eigenvalue weighted by molar-refractivity contribution is 7.99. The first kappa shape index (κ1) is 20.0. The number of methoxy groups -OCH3 is 1. The van der Waals surface area contributed by atoms with Gasteiger partial charge in [-0.2, -0.15) is 0 Å².